The monoisotopic (exact) mass is 322 g/mol. The summed E-state index contributed by atoms with van der Waals surface area (Å²) < 4.78 is 5.08. The van der Waals surface area contributed by atoms with Gasteiger partial charge < -0.3 is 4.74 Å². The van der Waals surface area contributed by atoms with Crippen LogP contribution in [0.5, 0.6) is 0 Å². The second kappa shape index (κ2) is 8.77. The molecule has 24 heavy (non-hydrogen) atoms. The Kier molecular flexibility index (Phi) is 6.43. The van der Waals surface area contributed by atoms with Crippen molar-refractivity contribution in [1.29, 1.82) is 0 Å². The number of azo groups is 1. The summed E-state index contributed by atoms with van der Waals surface area (Å²) in [7, 11) is 0. The van der Waals surface area contributed by atoms with Gasteiger partial charge in [0.2, 0.25) is 0 Å². The van der Waals surface area contributed by atoms with E-state index in [0.717, 1.165) is 23.4 Å². The molecule has 0 aliphatic heterocycles. The van der Waals surface area contributed by atoms with Crippen LogP contribution < -0.4 is 0 Å². The summed E-state index contributed by atoms with van der Waals surface area (Å²) in [5.74, 6) is -0.352. The first-order valence-corrected chi connectivity index (χ1v) is 8.00. The van der Waals surface area contributed by atoms with Crippen LogP contribution in [0, 0.1) is 0 Å². The van der Waals surface area contributed by atoms with Gasteiger partial charge in [-0.2, -0.15) is 10.2 Å². The van der Waals surface area contributed by atoms with Crippen LogP contribution in [0.15, 0.2) is 70.9 Å². The highest BCUT2D eigenvalue weighted by Crippen LogP contribution is 2.19. The third kappa shape index (κ3) is 5.47. The molecule has 4 nitrogen and oxygen atoms in total. The van der Waals surface area contributed by atoms with Gasteiger partial charge in [0.25, 0.3) is 0 Å². The summed E-state index contributed by atoms with van der Waals surface area (Å²) in [4.78, 5) is 11.3. The van der Waals surface area contributed by atoms with Crippen molar-refractivity contribution in [1.82, 2.24) is 0 Å². The van der Waals surface area contributed by atoms with E-state index in [1.807, 2.05) is 36.4 Å². The highest BCUT2D eigenvalue weighted by Gasteiger charge is 2.02. The minimum atomic E-state index is -0.352. The average molecular weight is 322 g/mol. The molecule has 2 rings (SSSR count). The molecular weight excluding hydrogens is 300 g/mol. The molecule has 0 amide bonds. The zero-order valence-electron chi connectivity index (χ0n) is 14.2. The molecule has 0 radical (unpaired) electrons. The maximum Gasteiger partial charge on any atom is 0.333 e. The van der Waals surface area contributed by atoms with Crippen molar-refractivity contribution < 1.29 is 9.53 Å². The minimum absolute atomic E-state index is 0.344. The van der Waals surface area contributed by atoms with Crippen LogP contribution in [0.3, 0.4) is 0 Å². The Morgan fingerprint density at radius 2 is 1.46 bits per heavy atom. The van der Waals surface area contributed by atoms with Gasteiger partial charge >= 0.3 is 5.97 Å². The van der Waals surface area contributed by atoms with Crippen LogP contribution in [0.2, 0.25) is 0 Å². The maximum absolute atomic E-state index is 11.3. The number of ether oxygens (including phenoxy) is 1. The van der Waals surface area contributed by atoms with Gasteiger partial charge in [-0.25, -0.2) is 4.79 Å². The number of hydrogen-bond acceptors (Lipinski definition) is 4. The Hall–Kier alpha value is -2.75. The van der Waals surface area contributed by atoms with Gasteiger partial charge in [0.15, 0.2) is 0 Å². The molecule has 0 heterocycles. The van der Waals surface area contributed by atoms with Crippen molar-refractivity contribution in [2.75, 3.05) is 6.61 Å². The number of carbonyl (C=O) groups is 1. The Labute approximate surface area is 142 Å². The molecule has 0 aliphatic carbocycles. The van der Waals surface area contributed by atoms with Gasteiger partial charge in [0.05, 0.1) is 18.0 Å². The summed E-state index contributed by atoms with van der Waals surface area (Å²) in [5.41, 5.74) is 4.40. The van der Waals surface area contributed by atoms with E-state index in [-0.39, 0.29) is 5.97 Å². The molecule has 0 N–H and O–H groups in total. The number of esters is 1. The fourth-order valence-corrected chi connectivity index (χ4v) is 2.03. The first-order valence-electron chi connectivity index (χ1n) is 8.00. The molecular formula is C20H22N2O2. The summed E-state index contributed by atoms with van der Waals surface area (Å²) in [6.45, 7) is 7.65. The molecule has 0 aliphatic rings. The largest absolute Gasteiger partial charge is 0.462 e. The van der Waals surface area contributed by atoms with Crippen molar-refractivity contribution in [3.63, 3.8) is 0 Å². The lowest BCUT2D eigenvalue weighted by Crippen LogP contribution is -2.07. The number of benzene rings is 2. The van der Waals surface area contributed by atoms with Gasteiger partial charge in [-0.3, -0.25) is 0 Å². The minimum Gasteiger partial charge on any atom is -0.462 e. The van der Waals surface area contributed by atoms with E-state index in [0.29, 0.717) is 18.6 Å². The number of hydrogen-bond donors (Lipinski definition) is 0. The molecule has 0 bridgehead atoms. The molecule has 0 spiro atoms. The Morgan fingerprint density at radius 3 is 1.92 bits per heavy atom. The summed E-state index contributed by atoms with van der Waals surface area (Å²) >= 11 is 0. The van der Waals surface area contributed by atoms with E-state index in [4.69, 9.17) is 4.74 Å². The van der Waals surface area contributed by atoms with Gasteiger partial charge in [-0.1, -0.05) is 37.8 Å². The lowest BCUT2D eigenvalue weighted by molar-refractivity contribution is -0.138. The van der Waals surface area contributed by atoms with Crippen LogP contribution in [-0.4, -0.2) is 12.6 Å². The van der Waals surface area contributed by atoms with Crippen LogP contribution in [0.25, 0.3) is 0 Å². The predicted octanol–water partition coefficient (Wildman–Crippen LogP) is 5.33. The van der Waals surface area contributed by atoms with E-state index in [9.17, 15) is 4.79 Å². The zero-order valence-corrected chi connectivity index (χ0v) is 14.2. The first kappa shape index (κ1) is 17.6. The van der Waals surface area contributed by atoms with Crippen molar-refractivity contribution in [3.05, 3.63) is 71.8 Å². The van der Waals surface area contributed by atoms with Crippen molar-refractivity contribution in [2.24, 2.45) is 10.2 Å². The number of rotatable bonds is 7. The third-order valence-electron chi connectivity index (χ3n) is 3.53. The van der Waals surface area contributed by atoms with E-state index < -0.39 is 0 Å². The fraction of sp³-hybridized carbons (Fsp3) is 0.250. The highest BCUT2D eigenvalue weighted by molar-refractivity contribution is 5.86. The van der Waals surface area contributed by atoms with E-state index in [1.165, 1.54) is 5.56 Å². The normalized spacial score (nSPS) is 10.8. The highest BCUT2D eigenvalue weighted by atomic mass is 16.5. The summed E-state index contributed by atoms with van der Waals surface area (Å²) in [6.07, 6.45) is 1.68. The average Bonchev–Trinajstić information content (AvgIpc) is 2.61. The number of carbonyl (C=O) groups excluding carboxylic acids is 1. The molecule has 0 fully saturated rings. The summed E-state index contributed by atoms with van der Waals surface area (Å²) in [5, 5.41) is 8.47. The SMILES string of the molecule is C=C(C)C(=O)OCCc1ccc(N=Nc2ccc(CC)cc2)cc1. The maximum atomic E-state index is 11.3. The van der Waals surface area contributed by atoms with Gasteiger partial charge in [-0.05, 0) is 48.7 Å². The Bertz CT molecular complexity index is 716. The molecule has 2 aromatic rings. The van der Waals surface area contributed by atoms with Crippen LogP contribution >= 0.6 is 0 Å². The quantitative estimate of drug-likeness (QED) is 0.393. The molecule has 0 atom stereocenters. The molecule has 4 heteroatoms. The fourth-order valence-electron chi connectivity index (χ4n) is 2.03. The zero-order chi connectivity index (χ0) is 17.4. The second-order valence-electron chi connectivity index (χ2n) is 5.55. The molecule has 0 saturated heterocycles. The molecule has 124 valence electrons. The standard InChI is InChI=1S/C20H22N2O2/c1-4-16-5-9-18(10-6-16)21-22-19-11-7-17(8-12-19)13-14-24-20(23)15(2)3/h5-12H,2,4,13-14H2,1,3H3. The summed E-state index contributed by atoms with van der Waals surface area (Å²) in [6, 6.07) is 15.8. The topological polar surface area (TPSA) is 51.0 Å². The van der Waals surface area contributed by atoms with Crippen LogP contribution in [0.4, 0.5) is 11.4 Å². The molecule has 0 aromatic heterocycles. The van der Waals surface area contributed by atoms with Crippen molar-refractivity contribution >= 4 is 17.3 Å². The van der Waals surface area contributed by atoms with Gasteiger partial charge in [-0.15, -0.1) is 0 Å². The van der Waals surface area contributed by atoms with Crippen LogP contribution in [0.1, 0.15) is 25.0 Å². The Morgan fingerprint density at radius 1 is 0.958 bits per heavy atom. The smallest absolute Gasteiger partial charge is 0.333 e. The first-order chi connectivity index (χ1) is 11.6. The molecule has 0 saturated carbocycles. The van der Waals surface area contributed by atoms with Crippen molar-refractivity contribution in [3.8, 4) is 0 Å². The predicted molar refractivity (Wildman–Crippen MR) is 95.9 cm³/mol. The van der Waals surface area contributed by atoms with Gasteiger partial charge in [0.1, 0.15) is 0 Å². The lowest BCUT2D eigenvalue weighted by atomic mass is 10.1. The van der Waals surface area contributed by atoms with E-state index in [1.54, 1.807) is 6.92 Å². The van der Waals surface area contributed by atoms with Gasteiger partial charge in [0, 0.05) is 12.0 Å². The number of nitrogens with zero attached hydrogens (tertiary/aromatic N) is 2. The van der Waals surface area contributed by atoms with E-state index >= 15 is 0 Å². The third-order valence-corrected chi connectivity index (χ3v) is 3.53. The number of aryl methyl sites for hydroxylation is 1. The van der Waals surface area contributed by atoms with Crippen molar-refractivity contribution in [2.45, 2.75) is 26.7 Å². The molecule has 2 aromatic carbocycles. The Balaban J connectivity index is 1.88. The molecule has 0 unspecified atom stereocenters. The van der Waals surface area contributed by atoms with Crippen LogP contribution in [-0.2, 0) is 22.4 Å². The van der Waals surface area contributed by atoms with E-state index in [2.05, 4.69) is 35.9 Å². The lowest BCUT2D eigenvalue weighted by Gasteiger charge is -2.04. The second-order valence-corrected chi connectivity index (χ2v) is 5.55.